The highest BCUT2D eigenvalue weighted by atomic mass is 35.5. The van der Waals surface area contributed by atoms with Crippen LogP contribution in [0.3, 0.4) is 0 Å². The minimum absolute atomic E-state index is 0.0942. The van der Waals surface area contributed by atoms with Gasteiger partial charge in [0, 0.05) is 26.9 Å². The van der Waals surface area contributed by atoms with Gasteiger partial charge in [0.15, 0.2) is 0 Å². The van der Waals surface area contributed by atoms with Crippen molar-refractivity contribution in [3.8, 4) is 5.75 Å². The number of aryl methyl sites for hydroxylation is 1. The Balaban J connectivity index is 1.67. The number of ether oxygens (including phenoxy) is 1. The van der Waals surface area contributed by atoms with Gasteiger partial charge in [0.05, 0.1) is 12.4 Å². The molecule has 5 nitrogen and oxygen atoms in total. The molecule has 2 N–H and O–H groups in total. The van der Waals surface area contributed by atoms with E-state index in [4.69, 9.17) is 16.3 Å². The SMILES string of the molecule is CCC(Sc1cccc(NC(=O)c2cccc(OC)c2)c1)C(=O)Nc1ccc(C)c(Cl)c1. The summed E-state index contributed by atoms with van der Waals surface area (Å²) < 4.78 is 5.18. The summed E-state index contributed by atoms with van der Waals surface area (Å²) in [6, 6.07) is 19.9. The lowest BCUT2D eigenvalue weighted by molar-refractivity contribution is -0.115. The fourth-order valence-electron chi connectivity index (χ4n) is 2.99. The Morgan fingerprint density at radius 2 is 1.75 bits per heavy atom. The Morgan fingerprint density at radius 3 is 2.47 bits per heavy atom. The van der Waals surface area contributed by atoms with E-state index < -0.39 is 0 Å². The standard InChI is InChI=1S/C25H25ClN2O3S/c1-4-23(25(30)28-19-12-11-16(2)22(26)15-19)32-21-10-6-8-18(14-21)27-24(29)17-7-5-9-20(13-17)31-3/h5-15,23H,4H2,1-3H3,(H,27,29)(H,28,30). The van der Waals surface area contributed by atoms with Crippen LogP contribution in [0.15, 0.2) is 71.6 Å². The van der Waals surface area contributed by atoms with Crippen molar-refractivity contribution in [3.05, 3.63) is 82.9 Å². The summed E-state index contributed by atoms with van der Waals surface area (Å²) in [4.78, 5) is 26.3. The van der Waals surface area contributed by atoms with Crippen LogP contribution in [0, 0.1) is 6.92 Å². The van der Waals surface area contributed by atoms with Gasteiger partial charge in [-0.25, -0.2) is 0 Å². The summed E-state index contributed by atoms with van der Waals surface area (Å²) in [5.41, 5.74) is 2.79. The topological polar surface area (TPSA) is 67.4 Å². The van der Waals surface area contributed by atoms with Crippen molar-refractivity contribution in [2.45, 2.75) is 30.4 Å². The molecule has 0 aliphatic carbocycles. The summed E-state index contributed by atoms with van der Waals surface area (Å²) >= 11 is 7.61. The van der Waals surface area contributed by atoms with Crippen molar-refractivity contribution in [2.24, 2.45) is 0 Å². The Hall–Kier alpha value is -2.96. The van der Waals surface area contributed by atoms with Gasteiger partial charge >= 0.3 is 0 Å². The van der Waals surface area contributed by atoms with E-state index in [9.17, 15) is 9.59 Å². The van der Waals surface area contributed by atoms with Gasteiger partial charge in [-0.15, -0.1) is 11.8 Å². The van der Waals surface area contributed by atoms with Crippen LogP contribution in [0.1, 0.15) is 29.3 Å². The second kappa shape index (κ2) is 11.1. The van der Waals surface area contributed by atoms with Crippen molar-refractivity contribution in [1.29, 1.82) is 0 Å². The molecule has 0 fully saturated rings. The number of rotatable bonds is 8. The summed E-state index contributed by atoms with van der Waals surface area (Å²) in [6.45, 7) is 3.88. The Bertz CT molecular complexity index is 1120. The third kappa shape index (κ3) is 6.28. The first-order valence-electron chi connectivity index (χ1n) is 10.2. The zero-order chi connectivity index (χ0) is 23.1. The lowest BCUT2D eigenvalue weighted by Crippen LogP contribution is -2.24. The largest absolute Gasteiger partial charge is 0.497 e. The van der Waals surface area contributed by atoms with Crippen molar-refractivity contribution >= 4 is 46.6 Å². The van der Waals surface area contributed by atoms with E-state index >= 15 is 0 Å². The minimum Gasteiger partial charge on any atom is -0.497 e. The van der Waals surface area contributed by atoms with Gasteiger partial charge in [0.25, 0.3) is 5.91 Å². The summed E-state index contributed by atoms with van der Waals surface area (Å²) in [5.74, 6) is 0.295. The summed E-state index contributed by atoms with van der Waals surface area (Å²) in [6.07, 6.45) is 0.649. The normalized spacial score (nSPS) is 11.5. The van der Waals surface area contributed by atoms with E-state index in [0.29, 0.717) is 34.1 Å². The third-order valence-corrected chi connectivity index (χ3v) is 6.57. The smallest absolute Gasteiger partial charge is 0.255 e. The highest BCUT2D eigenvalue weighted by molar-refractivity contribution is 8.00. The van der Waals surface area contributed by atoms with Crippen molar-refractivity contribution in [3.63, 3.8) is 0 Å². The average molecular weight is 469 g/mol. The molecule has 166 valence electrons. The molecule has 3 aromatic rings. The van der Waals surface area contributed by atoms with E-state index in [1.165, 1.54) is 11.8 Å². The maximum Gasteiger partial charge on any atom is 0.255 e. The monoisotopic (exact) mass is 468 g/mol. The molecule has 0 radical (unpaired) electrons. The van der Waals surface area contributed by atoms with Crippen molar-refractivity contribution in [2.75, 3.05) is 17.7 Å². The molecule has 1 unspecified atom stereocenters. The van der Waals surface area contributed by atoms with Gasteiger partial charge < -0.3 is 15.4 Å². The second-order valence-electron chi connectivity index (χ2n) is 7.18. The molecular weight excluding hydrogens is 444 g/mol. The number of amides is 2. The predicted molar refractivity (Wildman–Crippen MR) is 132 cm³/mol. The van der Waals surface area contributed by atoms with Crippen LogP contribution >= 0.6 is 23.4 Å². The van der Waals surface area contributed by atoms with Crippen LogP contribution in [-0.4, -0.2) is 24.2 Å². The van der Waals surface area contributed by atoms with E-state index in [2.05, 4.69) is 10.6 Å². The van der Waals surface area contributed by atoms with Crippen molar-refractivity contribution in [1.82, 2.24) is 0 Å². The van der Waals surface area contributed by atoms with E-state index in [1.807, 2.05) is 50.2 Å². The van der Waals surface area contributed by atoms with Crippen LogP contribution in [0.2, 0.25) is 5.02 Å². The fourth-order valence-corrected chi connectivity index (χ4v) is 4.19. The molecule has 3 rings (SSSR count). The van der Waals surface area contributed by atoms with Crippen LogP contribution in [-0.2, 0) is 4.79 Å². The lowest BCUT2D eigenvalue weighted by atomic mass is 10.2. The quantitative estimate of drug-likeness (QED) is 0.374. The van der Waals surface area contributed by atoms with Crippen molar-refractivity contribution < 1.29 is 14.3 Å². The predicted octanol–water partition coefficient (Wildman–Crippen LogP) is 6.42. The number of anilines is 2. The summed E-state index contributed by atoms with van der Waals surface area (Å²) in [5, 5.41) is 6.15. The van der Waals surface area contributed by atoms with Crippen LogP contribution in [0.4, 0.5) is 11.4 Å². The van der Waals surface area contributed by atoms with Gasteiger partial charge in [0.1, 0.15) is 5.75 Å². The first kappa shape index (κ1) is 23.7. The number of nitrogens with one attached hydrogen (secondary N) is 2. The second-order valence-corrected chi connectivity index (χ2v) is 8.87. The van der Waals surface area contributed by atoms with Gasteiger partial charge in [-0.2, -0.15) is 0 Å². The Morgan fingerprint density at radius 1 is 1.00 bits per heavy atom. The molecule has 1 atom stereocenters. The number of methoxy groups -OCH3 is 1. The Labute approximate surface area is 197 Å². The molecule has 0 aliphatic rings. The highest BCUT2D eigenvalue weighted by Crippen LogP contribution is 2.29. The lowest BCUT2D eigenvalue weighted by Gasteiger charge is -2.16. The first-order chi connectivity index (χ1) is 15.4. The number of thioether (sulfide) groups is 1. The van der Waals surface area contributed by atoms with E-state index in [1.54, 1.807) is 37.4 Å². The summed E-state index contributed by atoms with van der Waals surface area (Å²) in [7, 11) is 1.56. The van der Waals surface area contributed by atoms with Crippen LogP contribution in [0.5, 0.6) is 5.75 Å². The van der Waals surface area contributed by atoms with Crippen LogP contribution < -0.4 is 15.4 Å². The molecule has 0 aromatic heterocycles. The molecule has 2 amide bonds. The van der Waals surface area contributed by atoms with Gasteiger partial charge in [0.2, 0.25) is 5.91 Å². The zero-order valence-corrected chi connectivity index (χ0v) is 19.7. The molecule has 32 heavy (non-hydrogen) atoms. The molecule has 0 heterocycles. The molecule has 3 aromatic carbocycles. The minimum atomic E-state index is -0.292. The maximum absolute atomic E-state index is 12.8. The maximum atomic E-state index is 12.8. The number of halogens is 1. The molecule has 0 bridgehead atoms. The van der Waals surface area contributed by atoms with Crippen LogP contribution in [0.25, 0.3) is 0 Å². The Kier molecular flexibility index (Phi) is 8.20. The molecule has 0 saturated carbocycles. The first-order valence-corrected chi connectivity index (χ1v) is 11.4. The molecule has 7 heteroatoms. The molecular formula is C25H25ClN2O3S. The number of carbonyl (C=O) groups is 2. The molecule has 0 spiro atoms. The van der Waals surface area contributed by atoms with Gasteiger partial charge in [-0.05, 0) is 67.4 Å². The molecule has 0 saturated heterocycles. The van der Waals surface area contributed by atoms with E-state index in [0.717, 1.165) is 10.5 Å². The number of benzene rings is 3. The number of hydrogen-bond acceptors (Lipinski definition) is 4. The third-order valence-electron chi connectivity index (χ3n) is 4.80. The average Bonchev–Trinajstić information content (AvgIpc) is 2.80. The fraction of sp³-hybridized carbons (Fsp3) is 0.200. The zero-order valence-electron chi connectivity index (χ0n) is 18.1. The van der Waals surface area contributed by atoms with Gasteiger partial charge in [-0.3, -0.25) is 9.59 Å². The van der Waals surface area contributed by atoms with Gasteiger partial charge in [-0.1, -0.05) is 36.7 Å². The molecule has 0 aliphatic heterocycles. The van der Waals surface area contributed by atoms with E-state index in [-0.39, 0.29) is 17.1 Å². The number of carbonyl (C=O) groups excluding carboxylic acids is 2. The number of hydrogen-bond donors (Lipinski definition) is 2. The highest BCUT2D eigenvalue weighted by Gasteiger charge is 2.19.